The average molecular weight is 359 g/mol. The molecule has 0 aliphatic carbocycles. The topological polar surface area (TPSA) is 47.4 Å². The second kappa shape index (κ2) is 8.34. The van der Waals surface area contributed by atoms with E-state index in [0.717, 1.165) is 25.2 Å². The molecule has 6 heteroatoms. The summed E-state index contributed by atoms with van der Waals surface area (Å²) in [5, 5.41) is 0. The molecule has 1 fully saturated rings. The van der Waals surface area contributed by atoms with E-state index >= 15 is 0 Å². The van der Waals surface area contributed by atoms with Gasteiger partial charge >= 0.3 is 0 Å². The van der Waals surface area contributed by atoms with Gasteiger partial charge in [0.15, 0.2) is 0 Å². The van der Waals surface area contributed by atoms with Gasteiger partial charge in [-0.1, -0.05) is 13.8 Å². The molecule has 5 nitrogen and oxygen atoms in total. The first kappa shape index (κ1) is 18.4. The Morgan fingerprint density at radius 2 is 2.12 bits per heavy atom. The standard InChI is InChI=1S/C20H26FN3O2/c1-15(2)20-22-10-13-23(20)12-9-19(25)24-11-3-4-17(24)14-26-18-7-5-16(21)6-8-18/h5-8,10,13,15,17H,3-4,9,11-12,14H2,1-2H3. The van der Waals surface area contributed by atoms with Crippen molar-refractivity contribution in [3.05, 3.63) is 48.3 Å². The van der Waals surface area contributed by atoms with Gasteiger partial charge in [0, 0.05) is 37.8 Å². The van der Waals surface area contributed by atoms with Gasteiger partial charge in [-0.15, -0.1) is 0 Å². The summed E-state index contributed by atoms with van der Waals surface area (Å²) in [6.07, 6.45) is 6.11. The molecule has 0 bridgehead atoms. The lowest BCUT2D eigenvalue weighted by molar-refractivity contribution is -0.132. The maximum absolute atomic E-state index is 13.0. The first-order valence-electron chi connectivity index (χ1n) is 9.23. The van der Waals surface area contributed by atoms with Gasteiger partial charge in [0.1, 0.15) is 24.0 Å². The lowest BCUT2D eigenvalue weighted by atomic mass is 10.2. The molecule has 0 spiro atoms. The molecule has 1 atom stereocenters. The molecule has 1 aromatic heterocycles. The predicted molar refractivity (Wildman–Crippen MR) is 97.6 cm³/mol. The minimum Gasteiger partial charge on any atom is -0.491 e. The van der Waals surface area contributed by atoms with Crippen LogP contribution in [-0.2, 0) is 11.3 Å². The van der Waals surface area contributed by atoms with Crippen molar-refractivity contribution < 1.29 is 13.9 Å². The third-order valence-electron chi connectivity index (χ3n) is 4.78. The molecule has 0 radical (unpaired) electrons. The van der Waals surface area contributed by atoms with Crippen LogP contribution in [0, 0.1) is 5.82 Å². The van der Waals surface area contributed by atoms with Gasteiger partial charge in [0.25, 0.3) is 0 Å². The number of ether oxygens (including phenoxy) is 1. The number of amides is 1. The molecule has 2 aromatic rings. The highest BCUT2D eigenvalue weighted by atomic mass is 19.1. The molecule has 1 amide bonds. The third kappa shape index (κ3) is 4.42. The largest absolute Gasteiger partial charge is 0.491 e. The van der Waals surface area contributed by atoms with Crippen LogP contribution in [0.5, 0.6) is 5.75 Å². The number of aromatic nitrogens is 2. The number of imidazole rings is 1. The van der Waals surface area contributed by atoms with E-state index in [-0.39, 0.29) is 17.8 Å². The fraction of sp³-hybridized carbons (Fsp3) is 0.500. The van der Waals surface area contributed by atoms with E-state index in [2.05, 4.69) is 23.4 Å². The number of carbonyl (C=O) groups is 1. The van der Waals surface area contributed by atoms with Crippen LogP contribution in [0.3, 0.4) is 0 Å². The van der Waals surface area contributed by atoms with Gasteiger partial charge in [-0.2, -0.15) is 0 Å². The maximum atomic E-state index is 13.0. The monoisotopic (exact) mass is 359 g/mol. The summed E-state index contributed by atoms with van der Waals surface area (Å²) in [5.74, 6) is 1.85. The Kier molecular flexibility index (Phi) is 5.91. The SMILES string of the molecule is CC(C)c1nccn1CCC(=O)N1CCCC1COc1ccc(F)cc1. The molecular weight excluding hydrogens is 333 g/mol. The van der Waals surface area contributed by atoms with Crippen LogP contribution in [0.25, 0.3) is 0 Å². The Morgan fingerprint density at radius 1 is 1.35 bits per heavy atom. The van der Waals surface area contributed by atoms with Gasteiger partial charge in [0.05, 0.1) is 6.04 Å². The molecule has 1 saturated heterocycles. The van der Waals surface area contributed by atoms with Crippen molar-refractivity contribution in [1.82, 2.24) is 14.5 Å². The molecule has 26 heavy (non-hydrogen) atoms. The van der Waals surface area contributed by atoms with E-state index in [1.807, 2.05) is 11.1 Å². The Bertz CT molecular complexity index is 727. The van der Waals surface area contributed by atoms with Crippen LogP contribution in [0.1, 0.15) is 44.9 Å². The number of nitrogens with zero attached hydrogens (tertiary/aromatic N) is 3. The summed E-state index contributed by atoms with van der Waals surface area (Å²) in [7, 11) is 0. The van der Waals surface area contributed by atoms with E-state index in [1.165, 1.54) is 12.1 Å². The molecule has 1 unspecified atom stereocenters. The Labute approximate surface area is 153 Å². The number of hydrogen-bond acceptors (Lipinski definition) is 3. The molecule has 0 N–H and O–H groups in total. The van der Waals surface area contributed by atoms with Gasteiger partial charge < -0.3 is 14.2 Å². The number of likely N-dealkylation sites (tertiary alicyclic amines) is 1. The highest BCUT2D eigenvalue weighted by molar-refractivity contribution is 5.76. The maximum Gasteiger partial charge on any atom is 0.224 e. The zero-order valence-electron chi connectivity index (χ0n) is 15.4. The van der Waals surface area contributed by atoms with E-state index in [9.17, 15) is 9.18 Å². The Morgan fingerprint density at radius 3 is 2.85 bits per heavy atom. The van der Waals surface area contributed by atoms with Crippen LogP contribution in [0.4, 0.5) is 4.39 Å². The van der Waals surface area contributed by atoms with E-state index in [0.29, 0.717) is 31.2 Å². The van der Waals surface area contributed by atoms with E-state index in [1.54, 1.807) is 18.3 Å². The molecule has 0 saturated carbocycles. The van der Waals surface area contributed by atoms with Crippen molar-refractivity contribution in [2.45, 2.75) is 51.6 Å². The van der Waals surface area contributed by atoms with Crippen LogP contribution in [0.2, 0.25) is 0 Å². The van der Waals surface area contributed by atoms with Gasteiger partial charge in [-0.3, -0.25) is 4.79 Å². The Hall–Kier alpha value is -2.37. The highest BCUT2D eigenvalue weighted by Gasteiger charge is 2.29. The van der Waals surface area contributed by atoms with Crippen LogP contribution in [-0.4, -0.2) is 39.6 Å². The molecule has 140 valence electrons. The lowest BCUT2D eigenvalue weighted by Gasteiger charge is -2.25. The summed E-state index contributed by atoms with van der Waals surface area (Å²) in [6.45, 7) is 6.07. The molecule has 2 heterocycles. The average Bonchev–Trinajstić information content (AvgIpc) is 3.28. The van der Waals surface area contributed by atoms with E-state index < -0.39 is 0 Å². The minimum atomic E-state index is -0.282. The second-order valence-corrected chi connectivity index (χ2v) is 7.03. The predicted octanol–water partition coefficient (Wildman–Crippen LogP) is 3.61. The normalized spacial score (nSPS) is 17.1. The molecule has 1 aliphatic heterocycles. The summed E-state index contributed by atoms with van der Waals surface area (Å²) in [4.78, 5) is 19.0. The van der Waals surface area contributed by atoms with Crippen molar-refractivity contribution in [1.29, 1.82) is 0 Å². The number of carbonyl (C=O) groups excluding carboxylic acids is 1. The molecule has 3 rings (SSSR count). The first-order chi connectivity index (χ1) is 12.5. The zero-order valence-corrected chi connectivity index (χ0v) is 15.4. The van der Waals surface area contributed by atoms with Crippen molar-refractivity contribution in [2.24, 2.45) is 0 Å². The van der Waals surface area contributed by atoms with Crippen molar-refractivity contribution in [2.75, 3.05) is 13.2 Å². The number of hydrogen-bond donors (Lipinski definition) is 0. The number of rotatable bonds is 7. The zero-order chi connectivity index (χ0) is 18.5. The van der Waals surface area contributed by atoms with Crippen LogP contribution < -0.4 is 4.74 Å². The fourth-order valence-corrected chi connectivity index (χ4v) is 3.43. The van der Waals surface area contributed by atoms with Gasteiger partial charge in [0.2, 0.25) is 5.91 Å². The smallest absolute Gasteiger partial charge is 0.224 e. The van der Waals surface area contributed by atoms with Crippen molar-refractivity contribution in [3.8, 4) is 5.75 Å². The minimum absolute atomic E-state index is 0.0832. The van der Waals surface area contributed by atoms with E-state index in [4.69, 9.17) is 4.74 Å². The number of halogens is 1. The summed E-state index contributed by atoms with van der Waals surface area (Å²) < 4.78 is 20.8. The summed E-state index contributed by atoms with van der Waals surface area (Å²) in [6, 6.07) is 6.07. The van der Waals surface area contributed by atoms with Crippen LogP contribution in [0.15, 0.2) is 36.7 Å². The lowest BCUT2D eigenvalue weighted by Crippen LogP contribution is -2.39. The quantitative estimate of drug-likeness (QED) is 0.759. The highest BCUT2D eigenvalue weighted by Crippen LogP contribution is 2.21. The molecule has 1 aromatic carbocycles. The van der Waals surface area contributed by atoms with Crippen molar-refractivity contribution >= 4 is 5.91 Å². The summed E-state index contributed by atoms with van der Waals surface area (Å²) >= 11 is 0. The number of aryl methyl sites for hydroxylation is 1. The van der Waals surface area contributed by atoms with Gasteiger partial charge in [-0.25, -0.2) is 9.37 Å². The number of benzene rings is 1. The molecule has 1 aliphatic rings. The molecular formula is C20H26FN3O2. The summed E-state index contributed by atoms with van der Waals surface area (Å²) in [5.41, 5.74) is 0. The Balaban J connectivity index is 1.52. The second-order valence-electron chi connectivity index (χ2n) is 7.03. The first-order valence-corrected chi connectivity index (χ1v) is 9.23. The fourth-order valence-electron chi connectivity index (χ4n) is 3.43. The van der Waals surface area contributed by atoms with Gasteiger partial charge in [-0.05, 0) is 37.1 Å². The third-order valence-corrected chi connectivity index (χ3v) is 4.78. The van der Waals surface area contributed by atoms with Crippen LogP contribution >= 0.6 is 0 Å². The van der Waals surface area contributed by atoms with Crippen molar-refractivity contribution in [3.63, 3.8) is 0 Å².